The predicted molar refractivity (Wildman–Crippen MR) is 121 cm³/mol. The Kier molecular flexibility index (Phi) is 6.66. The van der Waals surface area contributed by atoms with E-state index in [1.807, 2.05) is 12.1 Å². The Morgan fingerprint density at radius 2 is 1.76 bits per heavy atom. The van der Waals surface area contributed by atoms with Crippen molar-refractivity contribution in [2.24, 2.45) is 0 Å². The van der Waals surface area contributed by atoms with E-state index in [2.05, 4.69) is 50.1 Å². The molecule has 1 atom stereocenters. The zero-order valence-corrected chi connectivity index (χ0v) is 18.7. The van der Waals surface area contributed by atoms with Crippen molar-refractivity contribution in [3.63, 3.8) is 0 Å². The van der Waals surface area contributed by atoms with Gasteiger partial charge in [-0.2, -0.15) is 5.10 Å². The van der Waals surface area contributed by atoms with Crippen LogP contribution in [0, 0.1) is 0 Å². The molecule has 2 saturated heterocycles. The SMILES string of the molecule is CC(C)N1CCNC(CN2CCN(c3cc(-c4cc(Cl)cc(Cl)c4)[nH]n3)CC2)C1. The molecule has 2 N–H and O–H groups in total. The van der Waals surface area contributed by atoms with Gasteiger partial charge in [0.15, 0.2) is 5.82 Å². The maximum absolute atomic E-state index is 6.13. The summed E-state index contributed by atoms with van der Waals surface area (Å²) < 4.78 is 0. The fourth-order valence-corrected chi connectivity index (χ4v) is 4.77. The van der Waals surface area contributed by atoms with Gasteiger partial charge < -0.3 is 10.2 Å². The van der Waals surface area contributed by atoms with Gasteiger partial charge in [-0.25, -0.2) is 0 Å². The van der Waals surface area contributed by atoms with Crippen molar-refractivity contribution in [3.05, 3.63) is 34.3 Å². The Hall–Kier alpha value is -1.31. The van der Waals surface area contributed by atoms with Crippen LogP contribution in [0.3, 0.4) is 0 Å². The van der Waals surface area contributed by atoms with Crippen LogP contribution >= 0.6 is 23.2 Å². The zero-order valence-electron chi connectivity index (χ0n) is 17.2. The van der Waals surface area contributed by atoms with Crippen LogP contribution in [0.1, 0.15) is 13.8 Å². The van der Waals surface area contributed by atoms with E-state index in [-0.39, 0.29) is 0 Å². The molecule has 2 aromatic rings. The third-order valence-corrected chi connectivity index (χ3v) is 6.37. The second-order valence-electron chi connectivity index (χ2n) is 8.33. The minimum atomic E-state index is 0.558. The van der Waals surface area contributed by atoms with Gasteiger partial charge in [0.25, 0.3) is 0 Å². The van der Waals surface area contributed by atoms with Crippen LogP contribution < -0.4 is 10.2 Å². The summed E-state index contributed by atoms with van der Waals surface area (Å²) in [5.74, 6) is 0.984. The standard InChI is InChI=1S/C21H30Cl2N6/c1-15(2)29-4-3-24-19(14-29)13-27-5-7-28(8-6-27)21-12-20(25-26-21)16-9-17(22)11-18(23)10-16/h9-12,15,19,24H,3-8,13-14H2,1-2H3,(H,25,26). The first-order valence-electron chi connectivity index (χ1n) is 10.4. The Morgan fingerprint density at radius 1 is 1.03 bits per heavy atom. The van der Waals surface area contributed by atoms with Gasteiger partial charge in [0.05, 0.1) is 5.69 Å². The number of H-pyrrole nitrogens is 1. The van der Waals surface area contributed by atoms with Gasteiger partial charge in [0.1, 0.15) is 0 Å². The summed E-state index contributed by atoms with van der Waals surface area (Å²) in [6.45, 7) is 13.2. The number of piperazine rings is 2. The third-order valence-electron chi connectivity index (χ3n) is 5.93. The van der Waals surface area contributed by atoms with Crippen molar-refractivity contribution in [3.8, 4) is 11.3 Å². The molecule has 2 aliphatic rings. The third kappa shape index (κ3) is 5.25. The van der Waals surface area contributed by atoms with E-state index in [0.717, 1.165) is 69.4 Å². The van der Waals surface area contributed by atoms with Crippen LogP contribution in [0.5, 0.6) is 0 Å². The number of aromatic nitrogens is 2. The van der Waals surface area contributed by atoms with Crippen LogP contribution in [0.25, 0.3) is 11.3 Å². The van der Waals surface area contributed by atoms with E-state index in [4.69, 9.17) is 23.2 Å². The van der Waals surface area contributed by atoms with Crippen molar-refractivity contribution < 1.29 is 0 Å². The smallest absolute Gasteiger partial charge is 0.151 e. The molecular formula is C21H30Cl2N6. The summed E-state index contributed by atoms with van der Waals surface area (Å²) in [6, 6.07) is 8.81. The van der Waals surface area contributed by atoms with Gasteiger partial charge in [0.2, 0.25) is 0 Å². The van der Waals surface area contributed by atoms with E-state index in [1.54, 1.807) is 6.07 Å². The van der Waals surface area contributed by atoms with Crippen molar-refractivity contribution in [1.82, 2.24) is 25.3 Å². The van der Waals surface area contributed by atoms with E-state index in [0.29, 0.717) is 22.1 Å². The Balaban J connectivity index is 1.31. The van der Waals surface area contributed by atoms with Gasteiger partial charge in [-0.15, -0.1) is 0 Å². The molecule has 2 aliphatic heterocycles. The minimum Gasteiger partial charge on any atom is -0.353 e. The molecule has 0 radical (unpaired) electrons. The second kappa shape index (κ2) is 9.23. The van der Waals surface area contributed by atoms with Crippen LogP contribution in [0.2, 0.25) is 10.0 Å². The number of anilines is 1. The molecule has 0 spiro atoms. The molecule has 4 rings (SSSR count). The first-order chi connectivity index (χ1) is 14.0. The highest BCUT2D eigenvalue weighted by molar-refractivity contribution is 6.35. The van der Waals surface area contributed by atoms with Crippen LogP contribution in [-0.2, 0) is 0 Å². The topological polar surface area (TPSA) is 50.4 Å². The Labute approximate surface area is 183 Å². The number of rotatable bonds is 5. The lowest BCUT2D eigenvalue weighted by Crippen LogP contribution is -2.58. The summed E-state index contributed by atoms with van der Waals surface area (Å²) in [7, 11) is 0. The highest BCUT2D eigenvalue weighted by atomic mass is 35.5. The Morgan fingerprint density at radius 3 is 2.45 bits per heavy atom. The molecule has 1 aromatic heterocycles. The second-order valence-corrected chi connectivity index (χ2v) is 9.20. The maximum atomic E-state index is 6.13. The number of hydrogen-bond donors (Lipinski definition) is 2. The van der Waals surface area contributed by atoms with Crippen molar-refractivity contribution in [2.75, 3.05) is 57.3 Å². The monoisotopic (exact) mass is 436 g/mol. The van der Waals surface area contributed by atoms with Gasteiger partial charge >= 0.3 is 0 Å². The molecule has 2 fully saturated rings. The highest BCUT2D eigenvalue weighted by Crippen LogP contribution is 2.28. The fourth-order valence-electron chi connectivity index (χ4n) is 4.24. The zero-order chi connectivity index (χ0) is 20.4. The van der Waals surface area contributed by atoms with Crippen LogP contribution in [0.4, 0.5) is 5.82 Å². The lowest BCUT2D eigenvalue weighted by molar-refractivity contribution is 0.131. The summed E-state index contributed by atoms with van der Waals surface area (Å²) in [5, 5.41) is 12.6. The fraction of sp³-hybridized carbons (Fsp3) is 0.571. The lowest BCUT2D eigenvalue weighted by Gasteiger charge is -2.41. The number of halogens is 2. The average molecular weight is 437 g/mol. The Bertz CT molecular complexity index is 795. The number of aromatic amines is 1. The van der Waals surface area contributed by atoms with Crippen molar-refractivity contribution in [1.29, 1.82) is 0 Å². The molecule has 29 heavy (non-hydrogen) atoms. The molecule has 158 valence electrons. The van der Waals surface area contributed by atoms with Crippen LogP contribution in [0.15, 0.2) is 24.3 Å². The number of benzene rings is 1. The van der Waals surface area contributed by atoms with Crippen molar-refractivity contribution >= 4 is 29.0 Å². The molecule has 6 nitrogen and oxygen atoms in total. The number of nitrogens with zero attached hydrogens (tertiary/aromatic N) is 4. The van der Waals surface area contributed by atoms with Crippen molar-refractivity contribution in [2.45, 2.75) is 25.9 Å². The molecule has 0 bridgehead atoms. The molecule has 8 heteroatoms. The van der Waals surface area contributed by atoms with E-state index in [1.165, 1.54) is 0 Å². The summed E-state index contributed by atoms with van der Waals surface area (Å²) >= 11 is 12.3. The molecule has 0 aliphatic carbocycles. The maximum Gasteiger partial charge on any atom is 0.151 e. The molecule has 0 saturated carbocycles. The molecule has 1 unspecified atom stereocenters. The van der Waals surface area contributed by atoms with Gasteiger partial charge in [0, 0.05) is 86.1 Å². The molecule has 3 heterocycles. The predicted octanol–water partition coefficient (Wildman–Crippen LogP) is 3.19. The normalized spacial score (nSPS) is 21.8. The van der Waals surface area contributed by atoms with Gasteiger partial charge in [-0.05, 0) is 32.0 Å². The van der Waals surface area contributed by atoms with E-state index < -0.39 is 0 Å². The first kappa shape index (κ1) is 20.9. The largest absolute Gasteiger partial charge is 0.353 e. The quantitative estimate of drug-likeness (QED) is 0.753. The number of nitrogens with one attached hydrogen (secondary N) is 2. The lowest BCUT2D eigenvalue weighted by atomic mass is 10.1. The molecule has 0 amide bonds. The minimum absolute atomic E-state index is 0.558. The molecular weight excluding hydrogens is 407 g/mol. The van der Waals surface area contributed by atoms with E-state index in [9.17, 15) is 0 Å². The highest BCUT2D eigenvalue weighted by Gasteiger charge is 2.25. The first-order valence-corrected chi connectivity index (χ1v) is 11.2. The average Bonchev–Trinajstić information content (AvgIpc) is 3.18. The van der Waals surface area contributed by atoms with Crippen LogP contribution in [-0.4, -0.2) is 84.4 Å². The van der Waals surface area contributed by atoms with Gasteiger partial charge in [-0.1, -0.05) is 23.2 Å². The molecule has 1 aromatic carbocycles. The van der Waals surface area contributed by atoms with E-state index >= 15 is 0 Å². The number of hydrogen-bond acceptors (Lipinski definition) is 5. The summed E-state index contributed by atoms with van der Waals surface area (Å²) in [4.78, 5) is 7.49. The van der Waals surface area contributed by atoms with Gasteiger partial charge in [-0.3, -0.25) is 14.9 Å². The summed E-state index contributed by atoms with van der Waals surface area (Å²) in [6.07, 6.45) is 0. The summed E-state index contributed by atoms with van der Waals surface area (Å²) in [5.41, 5.74) is 1.89.